The van der Waals surface area contributed by atoms with Gasteiger partial charge in [-0.15, -0.1) is 0 Å². The number of ether oxygens (including phenoxy) is 1. The predicted octanol–water partition coefficient (Wildman–Crippen LogP) is 4.19. The number of hydrogen-bond donors (Lipinski definition) is 3. The zero-order chi connectivity index (χ0) is 23.4. The number of hydrazine groups is 1. The van der Waals surface area contributed by atoms with Crippen LogP contribution in [0.25, 0.3) is 0 Å². The third-order valence-corrected chi connectivity index (χ3v) is 7.50. The van der Waals surface area contributed by atoms with Gasteiger partial charge in [0.15, 0.2) is 6.29 Å². The molecular formula is C24H37ClN6O2. The van der Waals surface area contributed by atoms with E-state index >= 15 is 0 Å². The summed E-state index contributed by atoms with van der Waals surface area (Å²) < 4.78 is 5.27. The molecule has 1 aliphatic heterocycles. The Hall–Kier alpha value is -1.87. The van der Waals surface area contributed by atoms with Crippen molar-refractivity contribution in [2.24, 2.45) is 21.7 Å². The average Bonchev–Trinajstić information content (AvgIpc) is 3.10. The van der Waals surface area contributed by atoms with Crippen molar-refractivity contribution in [1.82, 2.24) is 9.91 Å². The highest BCUT2D eigenvalue weighted by Crippen LogP contribution is 2.31. The first-order valence-electron chi connectivity index (χ1n) is 12.2. The van der Waals surface area contributed by atoms with Crippen LogP contribution in [-0.4, -0.2) is 59.4 Å². The molecule has 3 aliphatic rings. The van der Waals surface area contributed by atoms with Gasteiger partial charge in [0.1, 0.15) is 11.6 Å². The summed E-state index contributed by atoms with van der Waals surface area (Å²) in [5, 5.41) is 15.6. The van der Waals surface area contributed by atoms with Crippen molar-refractivity contribution in [2.75, 3.05) is 19.5 Å². The topological polar surface area (TPSA) is 98.7 Å². The van der Waals surface area contributed by atoms with Crippen molar-refractivity contribution in [1.29, 1.82) is 0 Å². The number of benzene rings is 1. The first kappa shape index (κ1) is 24.3. The lowest BCUT2D eigenvalue weighted by atomic mass is 9.92. The molecule has 1 heterocycles. The van der Waals surface area contributed by atoms with Crippen molar-refractivity contribution >= 4 is 29.1 Å². The minimum atomic E-state index is -0.350. The van der Waals surface area contributed by atoms with Gasteiger partial charge in [0, 0.05) is 17.6 Å². The molecule has 9 heteroatoms. The molecule has 1 unspecified atom stereocenters. The van der Waals surface area contributed by atoms with Crippen LogP contribution in [0.2, 0.25) is 5.02 Å². The molecule has 2 aliphatic carbocycles. The molecule has 1 aromatic carbocycles. The van der Waals surface area contributed by atoms with E-state index in [-0.39, 0.29) is 12.4 Å². The molecule has 8 nitrogen and oxygen atoms in total. The maximum Gasteiger partial charge on any atom is 0.227 e. The molecule has 2 saturated carbocycles. The molecule has 1 atom stereocenters. The van der Waals surface area contributed by atoms with E-state index in [0.717, 1.165) is 50.0 Å². The maximum atomic E-state index is 9.95. The lowest BCUT2D eigenvalue weighted by Crippen LogP contribution is -2.59. The third-order valence-electron chi connectivity index (χ3n) is 7.21. The Morgan fingerprint density at radius 2 is 1.82 bits per heavy atom. The van der Waals surface area contributed by atoms with Crippen LogP contribution in [0.4, 0.5) is 5.69 Å². The number of nitrogens with zero attached hydrogens (tertiary/aromatic N) is 4. The van der Waals surface area contributed by atoms with E-state index in [2.05, 4.69) is 17.3 Å². The summed E-state index contributed by atoms with van der Waals surface area (Å²) in [5.41, 5.74) is 0.802. The van der Waals surface area contributed by atoms with Gasteiger partial charge >= 0.3 is 0 Å². The molecule has 0 spiro atoms. The van der Waals surface area contributed by atoms with E-state index < -0.39 is 0 Å². The second kappa shape index (κ2) is 11.0. The monoisotopic (exact) mass is 476 g/mol. The van der Waals surface area contributed by atoms with Gasteiger partial charge < -0.3 is 15.2 Å². The predicted molar refractivity (Wildman–Crippen MR) is 134 cm³/mol. The first-order valence-corrected chi connectivity index (χ1v) is 12.5. The normalized spacial score (nSPS) is 27.1. The van der Waals surface area contributed by atoms with Crippen LogP contribution in [0.1, 0.15) is 64.2 Å². The second-order valence-corrected chi connectivity index (χ2v) is 9.87. The number of rotatable bonds is 5. The Bertz CT molecular complexity index is 863. The standard InChI is InChI=1S/C24H37ClN6O2/c1-30(18-10-12-19(32)13-11-18)24-29-23(27-17-9-14-21(33-2)20(25)15-17)28-22(31(24)26)16-7-5-3-4-6-8-16/h9,14-16,18-19,24,32H,3-8,10-13,26H2,1-2H3,(H,27,29). The summed E-state index contributed by atoms with van der Waals surface area (Å²) in [7, 11) is 3.68. The van der Waals surface area contributed by atoms with Gasteiger partial charge in [-0.25, -0.2) is 10.8 Å². The lowest BCUT2D eigenvalue weighted by molar-refractivity contribution is 0.0301. The van der Waals surface area contributed by atoms with Crippen molar-refractivity contribution in [3.63, 3.8) is 0 Å². The third kappa shape index (κ3) is 5.80. The van der Waals surface area contributed by atoms with Gasteiger partial charge in [0.05, 0.1) is 18.2 Å². The first-order chi connectivity index (χ1) is 16.0. The van der Waals surface area contributed by atoms with Gasteiger partial charge in [0.2, 0.25) is 5.96 Å². The lowest BCUT2D eigenvalue weighted by Gasteiger charge is -2.43. The molecular weight excluding hydrogens is 440 g/mol. The van der Waals surface area contributed by atoms with Gasteiger partial charge in [-0.2, -0.15) is 4.99 Å². The number of anilines is 1. The number of guanidine groups is 1. The molecule has 182 valence electrons. The Kier molecular flexibility index (Phi) is 8.11. The van der Waals surface area contributed by atoms with Crippen LogP contribution in [0.5, 0.6) is 5.75 Å². The Morgan fingerprint density at radius 1 is 1.12 bits per heavy atom. The summed E-state index contributed by atoms with van der Waals surface area (Å²) in [6, 6.07) is 5.87. The molecule has 4 N–H and O–H groups in total. The van der Waals surface area contributed by atoms with Gasteiger partial charge in [-0.05, 0) is 63.8 Å². The van der Waals surface area contributed by atoms with Crippen LogP contribution < -0.4 is 15.9 Å². The van der Waals surface area contributed by atoms with E-state index in [0.29, 0.717) is 28.7 Å². The molecule has 4 rings (SSSR count). The van der Waals surface area contributed by atoms with Crippen LogP contribution in [-0.2, 0) is 0 Å². The number of nitrogens with two attached hydrogens (primary N) is 1. The minimum absolute atomic E-state index is 0.196. The summed E-state index contributed by atoms with van der Waals surface area (Å²) >= 11 is 6.33. The highest BCUT2D eigenvalue weighted by atomic mass is 35.5. The number of aliphatic hydroxyl groups is 1. The highest BCUT2D eigenvalue weighted by molar-refractivity contribution is 6.32. The number of halogens is 1. The molecule has 0 aromatic heterocycles. The number of aliphatic hydroxyl groups excluding tert-OH is 1. The number of aliphatic imine (C=N–C) groups is 2. The number of methoxy groups -OCH3 is 1. The summed E-state index contributed by atoms with van der Waals surface area (Å²) in [6.07, 6.45) is 10.1. The van der Waals surface area contributed by atoms with E-state index in [1.165, 1.54) is 25.7 Å². The number of amidine groups is 1. The smallest absolute Gasteiger partial charge is 0.227 e. The van der Waals surface area contributed by atoms with E-state index in [9.17, 15) is 5.11 Å². The van der Waals surface area contributed by atoms with Crippen molar-refractivity contribution in [3.05, 3.63) is 23.2 Å². The van der Waals surface area contributed by atoms with Gasteiger partial charge in [0.25, 0.3) is 0 Å². The second-order valence-electron chi connectivity index (χ2n) is 9.47. The zero-order valence-corrected chi connectivity index (χ0v) is 20.5. The summed E-state index contributed by atoms with van der Waals surface area (Å²) in [6.45, 7) is 0. The highest BCUT2D eigenvalue weighted by Gasteiger charge is 2.36. The van der Waals surface area contributed by atoms with Crippen molar-refractivity contribution < 1.29 is 9.84 Å². The molecule has 0 bridgehead atoms. The molecule has 33 heavy (non-hydrogen) atoms. The summed E-state index contributed by atoms with van der Waals surface area (Å²) in [4.78, 5) is 12.0. The minimum Gasteiger partial charge on any atom is -0.495 e. The maximum absolute atomic E-state index is 9.95. The summed E-state index contributed by atoms with van der Waals surface area (Å²) in [5.74, 6) is 9.10. The van der Waals surface area contributed by atoms with Crippen LogP contribution >= 0.6 is 11.6 Å². The Balaban J connectivity index is 1.60. The fourth-order valence-corrected chi connectivity index (χ4v) is 5.46. The largest absolute Gasteiger partial charge is 0.495 e. The van der Waals surface area contributed by atoms with Crippen LogP contribution in [0.15, 0.2) is 28.2 Å². The molecule has 2 fully saturated rings. The van der Waals surface area contributed by atoms with E-state index in [1.54, 1.807) is 12.1 Å². The Morgan fingerprint density at radius 3 is 2.45 bits per heavy atom. The fraction of sp³-hybridized carbons (Fsp3) is 0.667. The molecule has 0 radical (unpaired) electrons. The van der Waals surface area contributed by atoms with E-state index in [1.807, 2.05) is 18.2 Å². The molecule has 1 aromatic rings. The zero-order valence-electron chi connectivity index (χ0n) is 19.7. The Labute approximate surface area is 201 Å². The molecule has 0 saturated heterocycles. The van der Waals surface area contributed by atoms with Gasteiger partial charge in [-0.3, -0.25) is 9.91 Å². The number of nitrogens with one attached hydrogen (secondary N) is 1. The average molecular weight is 477 g/mol. The van der Waals surface area contributed by atoms with Crippen LogP contribution in [0, 0.1) is 5.92 Å². The number of hydrogen-bond acceptors (Lipinski definition) is 8. The van der Waals surface area contributed by atoms with Crippen molar-refractivity contribution in [3.8, 4) is 5.75 Å². The molecule has 0 amide bonds. The van der Waals surface area contributed by atoms with Crippen molar-refractivity contribution in [2.45, 2.75) is 82.6 Å². The SMILES string of the molecule is COc1ccc(NC2=NC(N(C)C3CCC(O)CC3)N(N)C(C3CCCCCC3)=N2)cc1Cl. The van der Waals surface area contributed by atoms with Crippen LogP contribution in [0.3, 0.4) is 0 Å². The fourth-order valence-electron chi connectivity index (χ4n) is 5.20. The quantitative estimate of drug-likeness (QED) is 0.435. The van der Waals surface area contributed by atoms with Gasteiger partial charge in [-0.1, -0.05) is 37.3 Å². The van der Waals surface area contributed by atoms with E-state index in [4.69, 9.17) is 32.2 Å².